The molecule has 0 aliphatic carbocycles. The predicted molar refractivity (Wildman–Crippen MR) is 43.6 cm³/mol. The number of rotatable bonds is 4. The lowest BCUT2D eigenvalue weighted by atomic mass is 10.3. The molecule has 0 saturated heterocycles. The molecule has 10 heavy (non-hydrogen) atoms. The van der Waals surface area contributed by atoms with E-state index in [4.69, 9.17) is 4.74 Å². The molecule has 0 aromatic carbocycles. The van der Waals surface area contributed by atoms with Gasteiger partial charge in [-0.25, -0.2) is 0 Å². The lowest BCUT2D eigenvalue weighted by molar-refractivity contribution is 0.229. The van der Waals surface area contributed by atoms with E-state index in [1.165, 1.54) is 0 Å². The number of hydrogen-bond donors (Lipinski definition) is 1. The predicted octanol–water partition coefficient (Wildman–Crippen LogP) is 1.66. The minimum Gasteiger partial charge on any atom is -0.486 e. The summed E-state index contributed by atoms with van der Waals surface area (Å²) in [5, 5.41) is 2.87. The minimum absolute atomic E-state index is 0.564. The van der Waals surface area contributed by atoms with Crippen molar-refractivity contribution in [1.82, 2.24) is 5.32 Å². The Kier molecular flexibility index (Phi) is 5.88. The largest absolute Gasteiger partial charge is 0.486 e. The fourth-order valence-electron chi connectivity index (χ4n) is 0.559. The van der Waals surface area contributed by atoms with Gasteiger partial charge in [0.05, 0.1) is 6.26 Å². The van der Waals surface area contributed by atoms with Crippen LogP contribution in [-0.4, -0.2) is 13.8 Å². The van der Waals surface area contributed by atoms with Gasteiger partial charge in [0.1, 0.15) is 6.73 Å². The molecule has 0 rings (SSSR count). The van der Waals surface area contributed by atoms with E-state index < -0.39 is 0 Å². The molecule has 2 nitrogen and oxygen atoms in total. The van der Waals surface area contributed by atoms with Crippen LogP contribution in [0.1, 0.15) is 13.8 Å². The first kappa shape index (κ1) is 9.24. The summed E-state index contributed by atoms with van der Waals surface area (Å²) < 4.78 is 5.07. The van der Waals surface area contributed by atoms with Crippen LogP contribution in [0.2, 0.25) is 0 Å². The Morgan fingerprint density at radius 1 is 1.60 bits per heavy atom. The average Bonchev–Trinajstić information content (AvgIpc) is 1.89. The second-order valence-corrected chi connectivity index (χ2v) is 2.03. The molecular weight excluding hydrogens is 126 g/mol. The maximum absolute atomic E-state index is 5.07. The number of nitrogens with one attached hydrogen (secondary N) is 1. The molecule has 0 aliphatic heterocycles. The molecule has 0 aliphatic rings. The van der Waals surface area contributed by atoms with E-state index >= 15 is 0 Å². The molecule has 58 valence electrons. The van der Waals surface area contributed by atoms with Crippen LogP contribution in [-0.2, 0) is 4.74 Å². The van der Waals surface area contributed by atoms with Gasteiger partial charge in [-0.15, -0.1) is 0 Å². The topological polar surface area (TPSA) is 21.3 Å². The summed E-state index contributed by atoms with van der Waals surface area (Å²) in [6.07, 6.45) is 5.71. The van der Waals surface area contributed by atoms with Crippen LogP contribution in [0.25, 0.3) is 0 Å². The second-order valence-electron chi connectivity index (χ2n) is 2.03. The van der Waals surface area contributed by atoms with Gasteiger partial charge in [-0.1, -0.05) is 12.2 Å². The maximum atomic E-state index is 5.07. The van der Waals surface area contributed by atoms with Crippen LogP contribution < -0.4 is 5.32 Å². The quantitative estimate of drug-likeness (QED) is 0.278. The highest BCUT2D eigenvalue weighted by Crippen LogP contribution is 1.93. The van der Waals surface area contributed by atoms with Crippen LogP contribution in [0, 0.1) is 0 Å². The first-order chi connectivity index (χ1) is 4.81. The summed E-state index contributed by atoms with van der Waals surface area (Å²) in [4.78, 5) is 0. The standard InChI is InChI=1S/C8H15NO/c1-4-5-8(2)6-10-7-9-3/h4-6,9H,7H2,1-3H3/b5-4+,8-6-. The Labute approximate surface area is 62.6 Å². The van der Waals surface area contributed by atoms with Gasteiger partial charge in [0.2, 0.25) is 0 Å². The Hall–Kier alpha value is -0.760. The smallest absolute Gasteiger partial charge is 0.138 e. The van der Waals surface area contributed by atoms with Crippen molar-refractivity contribution in [3.63, 3.8) is 0 Å². The molecule has 0 saturated carbocycles. The lowest BCUT2D eigenvalue weighted by Gasteiger charge is -1.97. The van der Waals surface area contributed by atoms with Crippen LogP contribution in [0.15, 0.2) is 24.0 Å². The maximum Gasteiger partial charge on any atom is 0.138 e. The molecule has 0 aromatic rings. The van der Waals surface area contributed by atoms with Gasteiger partial charge in [-0.05, 0) is 26.5 Å². The van der Waals surface area contributed by atoms with Crippen LogP contribution in [0.4, 0.5) is 0 Å². The van der Waals surface area contributed by atoms with E-state index in [1.54, 1.807) is 6.26 Å². The number of allylic oxidation sites excluding steroid dienone is 3. The van der Waals surface area contributed by atoms with Gasteiger partial charge in [-0.3, -0.25) is 5.32 Å². The van der Waals surface area contributed by atoms with E-state index in [-0.39, 0.29) is 0 Å². The third kappa shape index (κ3) is 5.38. The van der Waals surface area contributed by atoms with E-state index in [9.17, 15) is 0 Å². The summed E-state index contributed by atoms with van der Waals surface area (Å²) in [7, 11) is 1.85. The Balaban J connectivity index is 3.47. The molecule has 2 heteroatoms. The molecule has 0 radical (unpaired) electrons. The van der Waals surface area contributed by atoms with E-state index in [0.717, 1.165) is 5.57 Å². The van der Waals surface area contributed by atoms with Gasteiger partial charge in [0.25, 0.3) is 0 Å². The van der Waals surface area contributed by atoms with Crippen molar-refractivity contribution in [3.05, 3.63) is 24.0 Å². The first-order valence-corrected chi connectivity index (χ1v) is 3.37. The molecule has 0 atom stereocenters. The molecule has 0 amide bonds. The first-order valence-electron chi connectivity index (χ1n) is 3.37. The zero-order valence-electron chi connectivity index (χ0n) is 6.85. The molecule has 0 spiro atoms. The summed E-state index contributed by atoms with van der Waals surface area (Å²) in [6.45, 7) is 4.54. The van der Waals surface area contributed by atoms with Gasteiger partial charge in [-0.2, -0.15) is 0 Å². The van der Waals surface area contributed by atoms with Crippen molar-refractivity contribution < 1.29 is 4.74 Å². The van der Waals surface area contributed by atoms with E-state index in [2.05, 4.69) is 5.32 Å². The van der Waals surface area contributed by atoms with Gasteiger partial charge >= 0.3 is 0 Å². The van der Waals surface area contributed by atoms with Gasteiger partial charge in [0, 0.05) is 0 Å². The Morgan fingerprint density at radius 2 is 2.30 bits per heavy atom. The van der Waals surface area contributed by atoms with E-state index in [1.807, 2.05) is 33.0 Å². The van der Waals surface area contributed by atoms with E-state index in [0.29, 0.717) is 6.73 Å². The normalized spacial score (nSPS) is 12.5. The van der Waals surface area contributed by atoms with Crippen molar-refractivity contribution >= 4 is 0 Å². The molecule has 0 bridgehead atoms. The van der Waals surface area contributed by atoms with Crippen molar-refractivity contribution in [2.75, 3.05) is 13.8 Å². The Bertz CT molecular complexity index is 127. The molecule has 0 heterocycles. The van der Waals surface area contributed by atoms with Crippen molar-refractivity contribution in [2.24, 2.45) is 0 Å². The molecular formula is C8H15NO. The average molecular weight is 141 g/mol. The van der Waals surface area contributed by atoms with Crippen LogP contribution in [0.3, 0.4) is 0 Å². The molecule has 0 fully saturated rings. The summed E-state index contributed by atoms with van der Waals surface area (Å²) in [5.41, 5.74) is 1.12. The van der Waals surface area contributed by atoms with Gasteiger partial charge < -0.3 is 4.74 Å². The minimum atomic E-state index is 0.564. The van der Waals surface area contributed by atoms with Crippen molar-refractivity contribution in [2.45, 2.75) is 13.8 Å². The summed E-state index contributed by atoms with van der Waals surface area (Å²) >= 11 is 0. The molecule has 1 N–H and O–H groups in total. The SMILES string of the molecule is C/C=C/C(C)=C\OCNC. The third-order valence-electron chi connectivity index (χ3n) is 0.926. The molecule has 0 unspecified atom stereocenters. The zero-order chi connectivity index (χ0) is 7.82. The van der Waals surface area contributed by atoms with Crippen LogP contribution in [0.5, 0.6) is 0 Å². The highest BCUT2D eigenvalue weighted by atomic mass is 16.5. The monoisotopic (exact) mass is 141 g/mol. The number of ether oxygens (including phenoxy) is 1. The van der Waals surface area contributed by atoms with Crippen molar-refractivity contribution in [3.8, 4) is 0 Å². The fourth-order valence-corrected chi connectivity index (χ4v) is 0.559. The van der Waals surface area contributed by atoms with Gasteiger partial charge in [0.15, 0.2) is 0 Å². The zero-order valence-corrected chi connectivity index (χ0v) is 6.85. The Morgan fingerprint density at radius 3 is 2.80 bits per heavy atom. The number of hydrogen-bond acceptors (Lipinski definition) is 2. The fraction of sp³-hybridized carbons (Fsp3) is 0.500. The highest BCUT2D eigenvalue weighted by Gasteiger charge is 1.79. The lowest BCUT2D eigenvalue weighted by Crippen LogP contribution is -2.08. The highest BCUT2D eigenvalue weighted by molar-refractivity contribution is 5.12. The van der Waals surface area contributed by atoms with Crippen molar-refractivity contribution in [1.29, 1.82) is 0 Å². The molecule has 0 aromatic heterocycles. The second kappa shape index (κ2) is 6.36. The summed E-state index contributed by atoms with van der Waals surface area (Å²) in [5.74, 6) is 0. The van der Waals surface area contributed by atoms with Crippen LogP contribution >= 0.6 is 0 Å². The summed E-state index contributed by atoms with van der Waals surface area (Å²) in [6, 6.07) is 0. The third-order valence-corrected chi connectivity index (χ3v) is 0.926.